The molecular formula is C30H35N5O2S2. The Bertz CT molecular complexity index is 1420. The molecule has 39 heavy (non-hydrogen) atoms. The van der Waals surface area contributed by atoms with Crippen LogP contribution in [-0.2, 0) is 6.54 Å². The van der Waals surface area contributed by atoms with E-state index in [1.807, 2.05) is 47.2 Å². The Balaban J connectivity index is 1.41. The van der Waals surface area contributed by atoms with Crippen LogP contribution in [0.4, 0.5) is 17.1 Å². The number of carbonyl (C=O) groups is 1. The van der Waals surface area contributed by atoms with Crippen molar-refractivity contribution in [1.82, 2.24) is 9.88 Å². The van der Waals surface area contributed by atoms with E-state index in [9.17, 15) is 9.59 Å². The lowest BCUT2D eigenvalue weighted by atomic mass is 9.83. The maximum atomic E-state index is 12.9. The molecule has 2 aliphatic rings. The maximum absolute atomic E-state index is 12.9. The molecule has 1 saturated heterocycles. The predicted octanol–water partition coefficient (Wildman–Crippen LogP) is 5.53. The lowest BCUT2D eigenvalue weighted by Crippen LogP contribution is -2.47. The Morgan fingerprint density at radius 3 is 2.72 bits per heavy atom. The summed E-state index contributed by atoms with van der Waals surface area (Å²) in [5.74, 6) is 0.560. The van der Waals surface area contributed by atoms with Gasteiger partial charge in [0.05, 0.1) is 11.4 Å². The molecule has 0 spiro atoms. The maximum Gasteiger partial charge on any atom is 0.251 e. The fourth-order valence-electron chi connectivity index (χ4n) is 5.61. The Hall–Kier alpha value is -3.30. The number of nitrogens with one attached hydrogen (secondary N) is 3. The molecule has 2 aliphatic heterocycles. The van der Waals surface area contributed by atoms with Gasteiger partial charge in [-0.3, -0.25) is 9.59 Å². The lowest BCUT2D eigenvalue weighted by molar-refractivity contribution is 0.0953. The van der Waals surface area contributed by atoms with E-state index in [0.29, 0.717) is 23.1 Å². The number of fused-ring (bicyclic) bond motifs is 4. The number of thioether (sulfide) groups is 1. The molecule has 1 amide bonds. The minimum absolute atomic E-state index is 0.0819. The van der Waals surface area contributed by atoms with Crippen molar-refractivity contribution in [3.63, 3.8) is 0 Å². The van der Waals surface area contributed by atoms with Crippen molar-refractivity contribution < 1.29 is 4.79 Å². The van der Waals surface area contributed by atoms with Crippen molar-refractivity contribution in [2.75, 3.05) is 41.4 Å². The van der Waals surface area contributed by atoms with Crippen LogP contribution in [0.15, 0.2) is 70.4 Å². The molecule has 2 atom stereocenters. The van der Waals surface area contributed by atoms with Gasteiger partial charge in [0.2, 0.25) is 0 Å². The van der Waals surface area contributed by atoms with Crippen molar-refractivity contribution in [1.29, 1.82) is 0 Å². The highest BCUT2D eigenvalue weighted by Crippen LogP contribution is 2.39. The first-order valence-electron chi connectivity index (χ1n) is 13.5. The van der Waals surface area contributed by atoms with Crippen LogP contribution >= 0.6 is 24.0 Å². The third kappa shape index (κ3) is 6.31. The minimum atomic E-state index is -0.0894. The number of carbonyl (C=O) groups excluding carboxylic acids is 1. The summed E-state index contributed by atoms with van der Waals surface area (Å²) in [7, 11) is 0. The first kappa shape index (κ1) is 27.3. The van der Waals surface area contributed by atoms with Crippen molar-refractivity contribution >= 4 is 52.1 Å². The number of nitrogens with zero attached hydrogens (tertiary/aromatic N) is 2. The topological polar surface area (TPSA) is 78.4 Å². The molecule has 3 N–H and O–H groups in total. The van der Waals surface area contributed by atoms with Crippen LogP contribution in [0.1, 0.15) is 48.2 Å². The molecule has 9 heteroatoms. The van der Waals surface area contributed by atoms with Gasteiger partial charge in [-0.15, -0.1) is 11.8 Å². The highest BCUT2D eigenvalue weighted by molar-refractivity contribution is 7.98. The average Bonchev–Trinajstić information content (AvgIpc) is 2.93. The lowest BCUT2D eigenvalue weighted by Gasteiger charge is -2.44. The zero-order chi connectivity index (χ0) is 27.4. The summed E-state index contributed by atoms with van der Waals surface area (Å²) < 4.78 is 1.95. The number of piperidine rings is 1. The number of amides is 1. The first-order chi connectivity index (χ1) is 18.9. The predicted molar refractivity (Wildman–Crippen MR) is 166 cm³/mol. The molecule has 1 aromatic heterocycles. The molecule has 0 saturated carbocycles. The van der Waals surface area contributed by atoms with Crippen molar-refractivity contribution in [2.45, 2.75) is 43.5 Å². The molecule has 1 fully saturated rings. The van der Waals surface area contributed by atoms with E-state index >= 15 is 0 Å². The standard InChI is InChI=1S/C30H35N5O2S2/c1-3-4-13-31-29(37)21-11-12-27(25(15-21)33-30(38)32-23-7-5-8-24(16-23)39-2)34-17-20-14-22(19-34)26-9-6-10-28(36)35(26)18-20/h5-12,15-16,20,22H,3-4,13-14,17-19H2,1-2H3,(H,31,37)(H2,32,33,38)/t20-,22+/m1/s1. The van der Waals surface area contributed by atoms with E-state index in [0.717, 1.165) is 66.5 Å². The molecular weight excluding hydrogens is 526 g/mol. The second-order valence-electron chi connectivity index (χ2n) is 10.3. The molecule has 3 heterocycles. The van der Waals surface area contributed by atoms with Crippen LogP contribution in [0.2, 0.25) is 0 Å². The summed E-state index contributed by atoms with van der Waals surface area (Å²) in [6, 6.07) is 19.5. The molecule has 5 rings (SSSR count). The van der Waals surface area contributed by atoms with Crippen LogP contribution < -0.4 is 26.4 Å². The molecule has 204 valence electrons. The zero-order valence-electron chi connectivity index (χ0n) is 22.4. The molecule has 0 unspecified atom stereocenters. The molecule has 3 aromatic rings. The van der Waals surface area contributed by atoms with Crippen LogP contribution in [-0.4, -0.2) is 41.5 Å². The Morgan fingerprint density at radius 2 is 1.90 bits per heavy atom. The van der Waals surface area contributed by atoms with Gasteiger partial charge in [-0.25, -0.2) is 0 Å². The van der Waals surface area contributed by atoms with E-state index < -0.39 is 0 Å². The summed E-state index contributed by atoms with van der Waals surface area (Å²) >= 11 is 7.39. The summed E-state index contributed by atoms with van der Waals surface area (Å²) in [5.41, 5.74) is 4.49. The van der Waals surface area contributed by atoms with Gasteiger partial charge >= 0.3 is 0 Å². The smallest absolute Gasteiger partial charge is 0.251 e. The number of unbranched alkanes of at least 4 members (excludes halogenated alkanes) is 1. The van der Waals surface area contributed by atoms with Crippen LogP contribution in [0.25, 0.3) is 0 Å². The van der Waals surface area contributed by atoms with Gasteiger partial charge in [0.1, 0.15) is 0 Å². The second kappa shape index (κ2) is 12.3. The largest absolute Gasteiger partial charge is 0.369 e. The SMILES string of the molecule is CCCCNC(=O)c1ccc(N2C[C@H]3C[C@@H](C2)c2cccc(=O)n2C3)c(NC(=S)Nc2cccc(SC)c2)c1. The highest BCUT2D eigenvalue weighted by Gasteiger charge is 2.35. The number of thiocarbonyl (C=S) groups is 1. The van der Waals surface area contributed by atoms with Gasteiger partial charge in [0, 0.05) is 60.0 Å². The molecule has 7 nitrogen and oxygen atoms in total. The summed E-state index contributed by atoms with van der Waals surface area (Å²) in [6.45, 7) is 5.12. The van der Waals surface area contributed by atoms with Gasteiger partial charge in [-0.05, 0) is 79.7 Å². The summed E-state index contributed by atoms with van der Waals surface area (Å²) in [5, 5.41) is 10.2. The van der Waals surface area contributed by atoms with Crippen molar-refractivity contribution in [3.8, 4) is 0 Å². The molecule has 0 radical (unpaired) electrons. The third-order valence-corrected chi connectivity index (χ3v) is 8.40. The molecule has 2 bridgehead atoms. The van der Waals surface area contributed by atoms with Crippen LogP contribution in [0.3, 0.4) is 0 Å². The number of pyridine rings is 1. The number of rotatable bonds is 8. The van der Waals surface area contributed by atoms with E-state index in [-0.39, 0.29) is 17.4 Å². The zero-order valence-corrected chi connectivity index (χ0v) is 24.0. The summed E-state index contributed by atoms with van der Waals surface area (Å²) in [6.07, 6.45) is 5.09. The Kier molecular flexibility index (Phi) is 8.57. The van der Waals surface area contributed by atoms with Crippen molar-refractivity contribution in [3.05, 3.63) is 82.3 Å². The number of hydrogen-bond acceptors (Lipinski definition) is 5. The molecule has 0 aliphatic carbocycles. The van der Waals surface area contributed by atoms with Gasteiger partial charge < -0.3 is 25.4 Å². The van der Waals surface area contributed by atoms with E-state index in [2.05, 4.69) is 46.0 Å². The van der Waals surface area contributed by atoms with Gasteiger partial charge in [0.15, 0.2) is 5.11 Å². The highest BCUT2D eigenvalue weighted by atomic mass is 32.2. The fourth-order valence-corrected chi connectivity index (χ4v) is 6.30. The van der Waals surface area contributed by atoms with Crippen LogP contribution in [0, 0.1) is 5.92 Å². The Labute approximate surface area is 239 Å². The number of benzene rings is 2. The fraction of sp³-hybridized carbons (Fsp3) is 0.367. The third-order valence-electron chi connectivity index (χ3n) is 7.47. The molecule has 2 aromatic carbocycles. The average molecular weight is 562 g/mol. The van der Waals surface area contributed by atoms with Gasteiger partial charge in [-0.2, -0.15) is 0 Å². The normalized spacial score (nSPS) is 17.7. The van der Waals surface area contributed by atoms with Crippen LogP contribution in [0.5, 0.6) is 0 Å². The quantitative estimate of drug-likeness (QED) is 0.190. The summed E-state index contributed by atoms with van der Waals surface area (Å²) in [4.78, 5) is 28.9. The Morgan fingerprint density at radius 1 is 1.05 bits per heavy atom. The minimum Gasteiger partial charge on any atom is -0.369 e. The number of anilines is 3. The van der Waals surface area contributed by atoms with Gasteiger partial charge in [0.25, 0.3) is 11.5 Å². The van der Waals surface area contributed by atoms with Gasteiger partial charge in [-0.1, -0.05) is 25.5 Å². The van der Waals surface area contributed by atoms with Crippen molar-refractivity contribution in [2.24, 2.45) is 5.92 Å². The second-order valence-corrected chi connectivity index (χ2v) is 11.5. The number of hydrogen-bond donors (Lipinski definition) is 3. The number of aromatic nitrogens is 1. The monoisotopic (exact) mass is 561 g/mol. The van der Waals surface area contributed by atoms with E-state index in [1.165, 1.54) is 0 Å². The van der Waals surface area contributed by atoms with E-state index in [4.69, 9.17) is 12.2 Å². The van der Waals surface area contributed by atoms with E-state index in [1.54, 1.807) is 17.8 Å². The first-order valence-corrected chi connectivity index (χ1v) is 15.2.